The van der Waals surface area contributed by atoms with Crippen LogP contribution in [0.5, 0.6) is 11.5 Å². The molecule has 0 saturated carbocycles. The summed E-state index contributed by atoms with van der Waals surface area (Å²) in [7, 11) is 1.49. The molecular formula is C14H15FN2O2. The van der Waals surface area contributed by atoms with Crippen molar-refractivity contribution >= 4 is 5.82 Å². The number of hydrogen-bond acceptors (Lipinski definition) is 4. The molecule has 2 aromatic rings. The molecule has 4 nitrogen and oxygen atoms in total. The van der Waals surface area contributed by atoms with E-state index in [0.29, 0.717) is 22.9 Å². The number of aromatic nitrogens is 1. The number of methoxy groups -OCH3 is 1. The number of aryl methyl sites for hydroxylation is 1. The highest BCUT2D eigenvalue weighted by molar-refractivity contribution is 5.46. The smallest absolute Gasteiger partial charge is 0.166 e. The zero-order valence-corrected chi connectivity index (χ0v) is 10.8. The van der Waals surface area contributed by atoms with Crippen molar-refractivity contribution in [1.82, 2.24) is 4.98 Å². The maximum absolute atomic E-state index is 13.7. The van der Waals surface area contributed by atoms with Gasteiger partial charge in [0.1, 0.15) is 18.2 Å². The fourth-order valence-electron chi connectivity index (χ4n) is 1.61. The van der Waals surface area contributed by atoms with Crippen molar-refractivity contribution in [3.63, 3.8) is 0 Å². The number of nitrogens with two attached hydrogens (primary N) is 1. The van der Waals surface area contributed by atoms with Crippen LogP contribution in [0.2, 0.25) is 0 Å². The Bertz CT molecular complexity index is 588. The first-order valence-electron chi connectivity index (χ1n) is 5.78. The Morgan fingerprint density at radius 2 is 2.05 bits per heavy atom. The van der Waals surface area contributed by atoms with Crippen LogP contribution in [0, 0.1) is 12.7 Å². The maximum atomic E-state index is 13.7. The van der Waals surface area contributed by atoms with Crippen LogP contribution in [0.4, 0.5) is 10.2 Å². The predicted octanol–water partition coefficient (Wildman–Crippen LogP) is 2.70. The topological polar surface area (TPSA) is 57.4 Å². The van der Waals surface area contributed by atoms with Gasteiger partial charge in [-0.2, -0.15) is 0 Å². The fourth-order valence-corrected chi connectivity index (χ4v) is 1.61. The summed E-state index contributed by atoms with van der Waals surface area (Å²) >= 11 is 0. The van der Waals surface area contributed by atoms with Crippen LogP contribution < -0.4 is 15.2 Å². The van der Waals surface area contributed by atoms with E-state index in [0.717, 1.165) is 5.69 Å². The number of rotatable bonds is 4. The van der Waals surface area contributed by atoms with Crippen molar-refractivity contribution in [1.29, 1.82) is 0 Å². The third-order valence-electron chi connectivity index (χ3n) is 2.67. The van der Waals surface area contributed by atoms with Gasteiger partial charge in [-0.15, -0.1) is 0 Å². The van der Waals surface area contributed by atoms with E-state index in [1.807, 2.05) is 6.92 Å². The second-order valence-electron chi connectivity index (χ2n) is 4.08. The zero-order chi connectivity index (χ0) is 13.8. The number of pyridine rings is 1. The highest BCUT2D eigenvalue weighted by atomic mass is 19.1. The average Bonchev–Trinajstić information content (AvgIpc) is 2.39. The molecule has 1 aromatic heterocycles. The summed E-state index contributed by atoms with van der Waals surface area (Å²) in [4.78, 5) is 4.07. The summed E-state index contributed by atoms with van der Waals surface area (Å²) in [5.41, 5.74) is 6.96. The summed E-state index contributed by atoms with van der Waals surface area (Å²) < 4.78 is 24.1. The minimum absolute atomic E-state index is 0.0881. The molecule has 5 heteroatoms. The van der Waals surface area contributed by atoms with Crippen LogP contribution in [-0.4, -0.2) is 12.1 Å². The Morgan fingerprint density at radius 1 is 1.26 bits per heavy atom. The van der Waals surface area contributed by atoms with Gasteiger partial charge in [-0.25, -0.2) is 9.37 Å². The molecule has 0 atom stereocenters. The van der Waals surface area contributed by atoms with Crippen LogP contribution >= 0.6 is 0 Å². The van der Waals surface area contributed by atoms with Crippen molar-refractivity contribution in [3.05, 3.63) is 47.4 Å². The number of ether oxygens (including phenoxy) is 2. The number of anilines is 1. The zero-order valence-electron chi connectivity index (χ0n) is 10.8. The lowest BCUT2D eigenvalue weighted by Gasteiger charge is -2.10. The van der Waals surface area contributed by atoms with E-state index in [1.54, 1.807) is 24.3 Å². The van der Waals surface area contributed by atoms with Crippen LogP contribution in [0.15, 0.2) is 30.3 Å². The third-order valence-corrected chi connectivity index (χ3v) is 2.67. The summed E-state index contributed by atoms with van der Waals surface area (Å²) in [6, 6.07) is 8.12. The minimum atomic E-state index is -0.377. The van der Waals surface area contributed by atoms with Gasteiger partial charge in [-0.05, 0) is 31.2 Å². The monoisotopic (exact) mass is 262 g/mol. The second kappa shape index (κ2) is 5.56. The summed E-state index contributed by atoms with van der Waals surface area (Å²) in [6.07, 6.45) is 0. The number of benzene rings is 1. The summed E-state index contributed by atoms with van der Waals surface area (Å²) in [5, 5.41) is 0. The third kappa shape index (κ3) is 3.13. The van der Waals surface area contributed by atoms with Gasteiger partial charge in [0.15, 0.2) is 11.6 Å². The Labute approximate surface area is 111 Å². The Balaban J connectivity index is 2.10. The van der Waals surface area contributed by atoms with Gasteiger partial charge >= 0.3 is 0 Å². The van der Waals surface area contributed by atoms with E-state index in [4.69, 9.17) is 15.2 Å². The average molecular weight is 262 g/mol. The van der Waals surface area contributed by atoms with Crippen molar-refractivity contribution in [2.75, 3.05) is 12.8 Å². The molecule has 0 spiro atoms. The molecule has 19 heavy (non-hydrogen) atoms. The van der Waals surface area contributed by atoms with Gasteiger partial charge < -0.3 is 15.2 Å². The lowest BCUT2D eigenvalue weighted by atomic mass is 10.2. The second-order valence-corrected chi connectivity index (χ2v) is 4.08. The normalized spacial score (nSPS) is 10.3. The SMILES string of the molecule is COc1ccc(COc2ccc(C)nc2N)c(F)c1. The van der Waals surface area contributed by atoms with E-state index in [2.05, 4.69) is 4.98 Å². The van der Waals surface area contributed by atoms with Crippen LogP contribution in [0.25, 0.3) is 0 Å². The van der Waals surface area contributed by atoms with Gasteiger partial charge in [0.2, 0.25) is 0 Å². The maximum Gasteiger partial charge on any atom is 0.166 e. The minimum Gasteiger partial charge on any atom is -0.497 e. The van der Waals surface area contributed by atoms with E-state index < -0.39 is 0 Å². The standard InChI is InChI=1S/C14H15FN2O2/c1-9-3-6-13(14(16)17-9)19-8-10-4-5-11(18-2)7-12(10)15/h3-7H,8H2,1-2H3,(H2,16,17). The molecule has 0 aliphatic carbocycles. The number of hydrogen-bond donors (Lipinski definition) is 1. The molecule has 0 unspecified atom stereocenters. The molecule has 2 N–H and O–H groups in total. The summed E-state index contributed by atoms with van der Waals surface area (Å²) in [5.74, 6) is 0.838. The highest BCUT2D eigenvalue weighted by Crippen LogP contribution is 2.22. The fraction of sp³-hybridized carbons (Fsp3) is 0.214. The molecular weight excluding hydrogens is 247 g/mol. The molecule has 0 aliphatic rings. The van der Waals surface area contributed by atoms with Crippen LogP contribution in [0.1, 0.15) is 11.3 Å². The molecule has 0 fully saturated rings. The van der Waals surface area contributed by atoms with E-state index >= 15 is 0 Å². The van der Waals surface area contributed by atoms with Gasteiger partial charge in [-0.1, -0.05) is 0 Å². The molecule has 1 heterocycles. The molecule has 2 rings (SSSR count). The predicted molar refractivity (Wildman–Crippen MR) is 70.7 cm³/mol. The number of nitrogen functional groups attached to an aromatic ring is 1. The van der Waals surface area contributed by atoms with Crippen molar-refractivity contribution < 1.29 is 13.9 Å². The molecule has 0 bridgehead atoms. The molecule has 0 amide bonds. The first-order valence-corrected chi connectivity index (χ1v) is 5.78. The molecule has 100 valence electrons. The summed E-state index contributed by atoms with van der Waals surface area (Å²) in [6.45, 7) is 1.92. The Hall–Kier alpha value is -2.30. The van der Waals surface area contributed by atoms with Crippen LogP contribution in [0.3, 0.4) is 0 Å². The largest absolute Gasteiger partial charge is 0.497 e. The molecule has 0 aliphatic heterocycles. The van der Waals surface area contributed by atoms with Crippen LogP contribution in [-0.2, 0) is 6.61 Å². The van der Waals surface area contributed by atoms with Gasteiger partial charge in [0.05, 0.1) is 7.11 Å². The first kappa shape index (κ1) is 13.1. The van der Waals surface area contributed by atoms with Gasteiger partial charge in [0, 0.05) is 17.3 Å². The Kier molecular flexibility index (Phi) is 3.85. The van der Waals surface area contributed by atoms with Crippen molar-refractivity contribution in [3.8, 4) is 11.5 Å². The number of nitrogens with zero attached hydrogens (tertiary/aromatic N) is 1. The molecule has 1 aromatic carbocycles. The van der Waals surface area contributed by atoms with E-state index in [-0.39, 0.29) is 12.4 Å². The molecule has 0 radical (unpaired) electrons. The lowest BCUT2D eigenvalue weighted by molar-refractivity contribution is 0.300. The Morgan fingerprint density at radius 3 is 2.68 bits per heavy atom. The van der Waals surface area contributed by atoms with E-state index in [9.17, 15) is 4.39 Å². The van der Waals surface area contributed by atoms with Crippen molar-refractivity contribution in [2.24, 2.45) is 0 Å². The van der Waals surface area contributed by atoms with Gasteiger partial charge in [0.25, 0.3) is 0 Å². The lowest BCUT2D eigenvalue weighted by Crippen LogP contribution is -2.03. The quantitative estimate of drug-likeness (QED) is 0.920. The first-order chi connectivity index (χ1) is 9.10. The van der Waals surface area contributed by atoms with E-state index in [1.165, 1.54) is 13.2 Å². The van der Waals surface area contributed by atoms with Crippen molar-refractivity contribution in [2.45, 2.75) is 13.5 Å². The highest BCUT2D eigenvalue weighted by Gasteiger charge is 2.07. The van der Waals surface area contributed by atoms with Gasteiger partial charge in [-0.3, -0.25) is 0 Å². The molecule has 0 saturated heterocycles. The number of halogens is 1.